The summed E-state index contributed by atoms with van der Waals surface area (Å²) in [6.07, 6.45) is 1.75. The Morgan fingerprint density at radius 3 is 2.53 bits per heavy atom. The van der Waals surface area contributed by atoms with Gasteiger partial charge in [0.1, 0.15) is 5.69 Å². The molecule has 1 aliphatic rings. The fourth-order valence-corrected chi connectivity index (χ4v) is 2.02. The van der Waals surface area contributed by atoms with E-state index in [2.05, 4.69) is 16.8 Å². The Hall–Kier alpha value is -1.42. The van der Waals surface area contributed by atoms with E-state index in [0.29, 0.717) is 5.69 Å². The molecular weight excluding hydrogens is 214 g/mol. The van der Waals surface area contributed by atoms with E-state index in [1.165, 1.54) is 0 Å². The Balaban J connectivity index is 1.99. The summed E-state index contributed by atoms with van der Waals surface area (Å²) in [5.41, 5.74) is 1.64. The van der Waals surface area contributed by atoms with Gasteiger partial charge in [-0.05, 0) is 25.1 Å². The first-order chi connectivity index (χ1) is 8.20. The van der Waals surface area contributed by atoms with Gasteiger partial charge in [-0.25, -0.2) is 0 Å². The minimum absolute atomic E-state index is 0.0563. The number of aromatic nitrogens is 1. The summed E-state index contributed by atoms with van der Waals surface area (Å²) in [6, 6.07) is 3.74. The van der Waals surface area contributed by atoms with Gasteiger partial charge in [-0.15, -0.1) is 0 Å². The number of hydrogen-bond donors (Lipinski definition) is 0. The highest BCUT2D eigenvalue weighted by atomic mass is 16.2. The number of carbonyl (C=O) groups excluding carboxylic acids is 1. The van der Waals surface area contributed by atoms with Gasteiger partial charge < -0.3 is 9.80 Å². The number of rotatable bonds is 2. The third-order valence-corrected chi connectivity index (χ3v) is 3.24. The van der Waals surface area contributed by atoms with E-state index in [9.17, 15) is 4.79 Å². The van der Waals surface area contributed by atoms with Crippen molar-refractivity contribution in [3.8, 4) is 0 Å². The molecule has 0 radical (unpaired) electrons. The lowest BCUT2D eigenvalue weighted by Gasteiger charge is -2.33. The summed E-state index contributed by atoms with van der Waals surface area (Å²) in [6.45, 7) is 8.73. The molecule has 17 heavy (non-hydrogen) atoms. The number of piperazine rings is 1. The molecule has 0 aliphatic carbocycles. The van der Waals surface area contributed by atoms with Crippen molar-refractivity contribution < 1.29 is 4.79 Å². The summed E-state index contributed by atoms with van der Waals surface area (Å²) in [7, 11) is 0. The molecule has 0 N–H and O–H groups in total. The topological polar surface area (TPSA) is 36.4 Å². The Bertz CT molecular complexity index is 380. The molecule has 0 saturated carbocycles. The predicted octanol–water partition coefficient (Wildman–Crippen LogP) is 1.17. The van der Waals surface area contributed by atoms with Crippen LogP contribution >= 0.6 is 0 Å². The van der Waals surface area contributed by atoms with Crippen molar-refractivity contribution in [1.82, 2.24) is 14.8 Å². The normalized spacial score (nSPS) is 17.2. The highest BCUT2D eigenvalue weighted by molar-refractivity contribution is 5.92. The molecule has 1 aromatic heterocycles. The number of hydrogen-bond acceptors (Lipinski definition) is 3. The van der Waals surface area contributed by atoms with Gasteiger partial charge in [0.15, 0.2) is 0 Å². The Morgan fingerprint density at radius 2 is 2.00 bits per heavy atom. The second-order valence-corrected chi connectivity index (χ2v) is 4.45. The second-order valence-electron chi connectivity index (χ2n) is 4.45. The van der Waals surface area contributed by atoms with Crippen LogP contribution in [0.1, 0.15) is 23.0 Å². The molecule has 2 heterocycles. The van der Waals surface area contributed by atoms with Crippen LogP contribution in [0, 0.1) is 6.92 Å². The first kappa shape index (κ1) is 12.0. The largest absolute Gasteiger partial charge is 0.335 e. The smallest absolute Gasteiger partial charge is 0.272 e. The molecule has 1 saturated heterocycles. The lowest BCUT2D eigenvalue weighted by molar-refractivity contribution is 0.0637. The Kier molecular flexibility index (Phi) is 3.74. The molecule has 0 unspecified atom stereocenters. The zero-order chi connectivity index (χ0) is 12.3. The third-order valence-electron chi connectivity index (χ3n) is 3.24. The van der Waals surface area contributed by atoms with Gasteiger partial charge >= 0.3 is 0 Å². The van der Waals surface area contributed by atoms with Gasteiger partial charge in [0.05, 0.1) is 0 Å². The maximum Gasteiger partial charge on any atom is 0.272 e. The molecule has 4 heteroatoms. The fraction of sp³-hybridized carbons (Fsp3) is 0.538. The summed E-state index contributed by atoms with van der Waals surface area (Å²) in [4.78, 5) is 20.6. The third kappa shape index (κ3) is 2.82. The first-order valence-electron chi connectivity index (χ1n) is 6.15. The van der Waals surface area contributed by atoms with E-state index in [-0.39, 0.29) is 5.91 Å². The fourth-order valence-electron chi connectivity index (χ4n) is 2.02. The monoisotopic (exact) mass is 233 g/mol. The lowest BCUT2D eigenvalue weighted by Crippen LogP contribution is -2.48. The molecule has 92 valence electrons. The summed E-state index contributed by atoms with van der Waals surface area (Å²) >= 11 is 0. The molecule has 0 atom stereocenters. The summed E-state index contributed by atoms with van der Waals surface area (Å²) in [5, 5.41) is 0. The van der Waals surface area contributed by atoms with Crippen molar-refractivity contribution in [3.63, 3.8) is 0 Å². The van der Waals surface area contributed by atoms with Crippen molar-refractivity contribution in [2.75, 3.05) is 32.7 Å². The van der Waals surface area contributed by atoms with Gasteiger partial charge in [0, 0.05) is 32.4 Å². The van der Waals surface area contributed by atoms with Crippen molar-refractivity contribution in [2.45, 2.75) is 13.8 Å². The molecule has 2 rings (SSSR count). The molecule has 1 fully saturated rings. The Labute approximate surface area is 102 Å². The van der Waals surface area contributed by atoms with Crippen LogP contribution in [0.2, 0.25) is 0 Å². The van der Waals surface area contributed by atoms with E-state index < -0.39 is 0 Å². The van der Waals surface area contributed by atoms with Crippen LogP contribution < -0.4 is 0 Å². The summed E-state index contributed by atoms with van der Waals surface area (Å²) in [5.74, 6) is 0.0563. The van der Waals surface area contributed by atoms with Gasteiger partial charge in [-0.1, -0.05) is 13.0 Å². The summed E-state index contributed by atoms with van der Waals surface area (Å²) < 4.78 is 0. The molecule has 1 aromatic rings. The van der Waals surface area contributed by atoms with Gasteiger partial charge in [-0.3, -0.25) is 9.78 Å². The maximum atomic E-state index is 12.2. The quantitative estimate of drug-likeness (QED) is 0.769. The van der Waals surface area contributed by atoms with Gasteiger partial charge in [-0.2, -0.15) is 0 Å². The lowest BCUT2D eigenvalue weighted by atomic mass is 10.2. The number of likely N-dealkylation sites (N-methyl/N-ethyl adjacent to an activating group) is 1. The van der Waals surface area contributed by atoms with Crippen molar-refractivity contribution >= 4 is 5.91 Å². The van der Waals surface area contributed by atoms with E-state index in [0.717, 1.165) is 38.3 Å². The average molecular weight is 233 g/mol. The highest BCUT2D eigenvalue weighted by Gasteiger charge is 2.21. The first-order valence-corrected chi connectivity index (χ1v) is 6.15. The van der Waals surface area contributed by atoms with Crippen LogP contribution in [0.3, 0.4) is 0 Å². The van der Waals surface area contributed by atoms with Crippen LogP contribution in [0.5, 0.6) is 0 Å². The number of aryl methyl sites for hydroxylation is 1. The van der Waals surface area contributed by atoms with E-state index in [1.807, 2.05) is 24.0 Å². The van der Waals surface area contributed by atoms with Crippen LogP contribution in [-0.4, -0.2) is 53.4 Å². The second kappa shape index (κ2) is 5.27. The number of amides is 1. The molecule has 0 aromatic carbocycles. The standard InChI is InChI=1S/C13H19N3O/c1-3-15-6-8-16(9-7-15)13(17)12-5-4-11(2)10-14-12/h4-5,10H,3,6-9H2,1-2H3. The van der Waals surface area contributed by atoms with Crippen molar-refractivity contribution in [2.24, 2.45) is 0 Å². The van der Waals surface area contributed by atoms with E-state index in [1.54, 1.807) is 6.20 Å². The van der Waals surface area contributed by atoms with Crippen molar-refractivity contribution in [1.29, 1.82) is 0 Å². The zero-order valence-corrected chi connectivity index (χ0v) is 10.5. The SMILES string of the molecule is CCN1CCN(C(=O)c2ccc(C)cn2)CC1. The predicted molar refractivity (Wildman–Crippen MR) is 67.0 cm³/mol. The van der Waals surface area contributed by atoms with Crippen LogP contribution in [0.4, 0.5) is 0 Å². The van der Waals surface area contributed by atoms with Crippen LogP contribution in [0.25, 0.3) is 0 Å². The number of pyridine rings is 1. The van der Waals surface area contributed by atoms with Crippen LogP contribution in [-0.2, 0) is 0 Å². The van der Waals surface area contributed by atoms with E-state index in [4.69, 9.17) is 0 Å². The minimum atomic E-state index is 0.0563. The molecular formula is C13H19N3O. The Morgan fingerprint density at radius 1 is 1.29 bits per heavy atom. The molecule has 0 bridgehead atoms. The van der Waals surface area contributed by atoms with Gasteiger partial charge in [0.25, 0.3) is 5.91 Å². The molecule has 1 amide bonds. The molecule has 4 nitrogen and oxygen atoms in total. The van der Waals surface area contributed by atoms with Crippen molar-refractivity contribution in [3.05, 3.63) is 29.6 Å². The number of nitrogens with zero attached hydrogens (tertiary/aromatic N) is 3. The molecule has 1 aliphatic heterocycles. The number of carbonyl (C=O) groups is 1. The minimum Gasteiger partial charge on any atom is -0.335 e. The highest BCUT2D eigenvalue weighted by Crippen LogP contribution is 2.07. The zero-order valence-electron chi connectivity index (χ0n) is 10.5. The maximum absolute atomic E-state index is 12.2. The average Bonchev–Trinajstić information content (AvgIpc) is 2.39. The molecule has 0 spiro atoms. The van der Waals surface area contributed by atoms with Gasteiger partial charge in [0.2, 0.25) is 0 Å². The van der Waals surface area contributed by atoms with Crippen LogP contribution in [0.15, 0.2) is 18.3 Å². The van der Waals surface area contributed by atoms with E-state index >= 15 is 0 Å².